The van der Waals surface area contributed by atoms with Crippen molar-refractivity contribution in [3.8, 4) is 0 Å². The Bertz CT molecular complexity index is 448. The lowest BCUT2D eigenvalue weighted by Crippen LogP contribution is -2.37. The third-order valence-corrected chi connectivity index (χ3v) is 6.13. The molecule has 3 saturated carbocycles. The first-order valence-electron chi connectivity index (χ1n) is 8.24. The van der Waals surface area contributed by atoms with E-state index in [0.717, 1.165) is 36.8 Å². The molecule has 0 aromatic carbocycles. The number of hydrogen-bond donors (Lipinski definition) is 2. The minimum absolute atomic E-state index is 0.0516. The topological polar surface area (TPSA) is 58.2 Å². The van der Waals surface area contributed by atoms with Crippen molar-refractivity contribution in [3.63, 3.8) is 0 Å². The second kappa shape index (κ2) is 5.82. The average molecular weight is 290 g/mol. The van der Waals surface area contributed by atoms with E-state index in [4.69, 9.17) is 0 Å². The molecule has 0 saturated heterocycles. The van der Waals surface area contributed by atoms with Gasteiger partial charge in [-0.2, -0.15) is 0 Å². The van der Waals surface area contributed by atoms with Crippen LogP contribution in [0.4, 0.5) is 0 Å². The van der Waals surface area contributed by atoms with Gasteiger partial charge in [0.2, 0.25) is 11.8 Å². The Balaban J connectivity index is 1.56. The molecule has 0 heterocycles. The molecular weight excluding hydrogens is 264 g/mol. The molecule has 21 heavy (non-hydrogen) atoms. The molecule has 4 nitrogen and oxygen atoms in total. The van der Waals surface area contributed by atoms with Crippen molar-refractivity contribution < 1.29 is 9.59 Å². The highest BCUT2D eigenvalue weighted by Crippen LogP contribution is 2.62. The quantitative estimate of drug-likeness (QED) is 0.758. The second-order valence-electron chi connectivity index (χ2n) is 7.12. The molecule has 3 aliphatic carbocycles. The summed E-state index contributed by atoms with van der Waals surface area (Å²) in [4.78, 5) is 22.5. The Kier molecular flexibility index (Phi) is 4.05. The first-order chi connectivity index (χ1) is 10.1. The summed E-state index contributed by atoms with van der Waals surface area (Å²) >= 11 is 0. The molecule has 6 atom stereocenters. The van der Waals surface area contributed by atoms with Crippen molar-refractivity contribution in [1.82, 2.24) is 10.6 Å². The maximum atomic E-state index is 11.3. The van der Waals surface area contributed by atoms with Gasteiger partial charge in [0.15, 0.2) is 0 Å². The molecular formula is C17H26N2O2. The number of rotatable bonds is 5. The minimum Gasteiger partial charge on any atom is -0.356 e. The molecule has 3 aliphatic rings. The zero-order chi connectivity index (χ0) is 15.0. The van der Waals surface area contributed by atoms with Gasteiger partial charge in [0, 0.05) is 20.0 Å². The Morgan fingerprint density at radius 2 is 1.86 bits per heavy atom. The van der Waals surface area contributed by atoms with Gasteiger partial charge in [-0.3, -0.25) is 9.59 Å². The summed E-state index contributed by atoms with van der Waals surface area (Å²) in [6, 6.07) is 0. The molecule has 2 amide bonds. The molecule has 0 aromatic rings. The molecule has 6 unspecified atom stereocenters. The van der Waals surface area contributed by atoms with Crippen LogP contribution in [-0.2, 0) is 9.59 Å². The largest absolute Gasteiger partial charge is 0.356 e. The van der Waals surface area contributed by atoms with Gasteiger partial charge < -0.3 is 10.6 Å². The molecule has 3 fully saturated rings. The Morgan fingerprint density at radius 1 is 1.10 bits per heavy atom. The third-order valence-electron chi connectivity index (χ3n) is 6.13. The van der Waals surface area contributed by atoms with Crippen LogP contribution in [0.3, 0.4) is 0 Å². The van der Waals surface area contributed by atoms with Gasteiger partial charge in [-0.15, -0.1) is 0 Å². The highest BCUT2D eigenvalue weighted by molar-refractivity contribution is 5.86. The van der Waals surface area contributed by atoms with E-state index in [-0.39, 0.29) is 11.8 Å². The summed E-state index contributed by atoms with van der Waals surface area (Å²) < 4.78 is 0. The number of nitrogens with one attached hydrogen (secondary N) is 2. The van der Waals surface area contributed by atoms with Crippen LogP contribution in [0.1, 0.15) is 32.6 Å². The smallest absolute Gasteiger partial charge is 0.243 e. The number of amides is 2. The SMILES string of the molecule is C=CC(=O)NCC1CC2CC1C1CCC(CNC(C)=O)C21. The first kappa shape index (κ1) is 14.6. The van der Waals surface area contributed by atoms with E-state index in [9.17, 15) is 9.59 Å². The van der Waals surface area contributed by atoms with Crippen LogP contribution < -0.4 is 10.6 Å². The molecule has 2 N–H and O–H groups in total. The predicted octanol–water partition coefficient (Wildman–Crippen LogP) is 1.72. The zero-order valence-corrected chi connectivity index (χ0v) is 12.8. The van der Waals surface area contributed by atoms with Crippen molar-refractivity contribution in [2.24, 2.45) is 35.5 Å². The summed E-state index contributed by atoms with van der Waals surface area (Å²) in [6.45, 7) is 6.78. The molecule has 3 rings (SSSR count). The van der Waals surface area contributed by atoms with E-state index in [2.05, 4.69) is 17.2 Å². The number of carbonyl (C=O) groups excluding carboxylic acids is 2. The molecule has 2 bridgehead atoms. The summed E-state index contributed by atoms with van der Waals surface area (Å²) in [6.07, 6.45) is 6.51. The highest BCUT2D eigenvalue weighted by atomic mass is 16.2. The number of carbonyl (C=O) groups is 2. The van der Waals surface area contributed by atoms with Crippen molar-refractivity contribution in [2.75, 3.05) is 13.1 Å². The molecule has 0 spiro atoms. The van der Waals surface area contributed by atoms with Gasteiger partial charge in [-0.25, -0.2) is 0 Å². The van der Waals surface area contributed by atoms with Crippen LogP contribution in [0.15, 0.2) is 12.7 Å². The van der Waals surface area contributed by atoms with Gasteiger partial charge >= 0.3 is 0 Å². The zero-order valence-electron chi connectivity index (χ0n) is 12.8. The van der Waals surface area contributed by atoms with Crippen molar-refractivity contribution in [2.45, 2.75) is 32.6 Å². The van der Waals surface area contributed by atoms with E-state index in [1.807, 2.05) is 0 Å². The van der Waals surface area contributed by atoms with E-state index in [1.54, 1.807) is 6.92 Å². The van der Waals surface area contributed by atoms with E-state index in [0.29, 0.717) is 11.8 Å². The standard InChI is InChI=1S/C17H26N2O2/c1-3-16(21)19-9-13-6-12-7-15(13)14-5-4-11(17(12)14)8-18-10(2)20/h3,11-15,17H,1,4-9H2,2H3,(H,18,20)(H,19,21). The maximum Gasteiger partial charge on any atom is 0.243 e. The average Bonchev–Trinajstić information content (AvgIpc) is 3.13. The Morgan fingerprint density at radius 3 is 2.57 bits per heavy atom. The highest BCUT2D eigenvalue weighted by Gasteiger charge is 2.56. The monoisotopic (exact) mass is 290 g/mol. The fourth-order valence-electron chi connectivity index (χ4n) is 5.47. The van der Waals surface area contributed by atoms with E-state index >= 15 is 0 Å². The van der Waals surface area contributed by atoms with Crippen LogP contribution in [0.25, 0.3) is 0 Å². The van der Waals surface area contributed by atoms with Crippen LogP contribution in [0.5, 0.6) is 0 Å². The van der Waals surface area contributed by atoms with Crippen molar-refractivity contribution in [1.29, 1.82) is 0 Å². The molecule has 0 aromatic heterocycles. The van der Waals surface area contributed by atoms with Gasteiger partial charge in [-0.1, -0.05) is 6.58 Å². The summed E-state index contributed by atoms with van der Waals surface area (Å²) in [5.41, 5.74) is 0. The summed E-state index contributed by atoms with van der Waals surface area (Å²) in [7, 11) is 0. The number of hydrogen-bond acceptors (Lipinski definition) is 2. The van der Waals surface area contributed by atoms with Gasteiger partial charge in [0.1, 0.15) is 0 Å². The van der Waals surface area contributed by atoms with Crippen LogP contribution >= 0.6 is 0 Å². The molecule has 0 aliphatic heterocycles. The van der Waals surface area contributed by atoms with Crippen molar-refractivity contribution in [3.05, 3.63) is 12.7 Å². The lowest BCUT2D eigenvalue weighted by Gasteiger charge is -2.34. The lowest BCUT2D eigenvalue weighted by molar-refractivity contribution is -0.119. The van der Waals surface area contributed by atoms with Crippen LogP contribution in [-0.4, -0.2) is 24.9 Å². The summed E-state index contributed by atoms with van der Waals surface area (Å²) in [5.74, 6) is 4.61. The Labute approximate surface area is 126 Å². The fraction of sp³-hybridized carbons (Fsp3) is 0.765. The number of fused-ring (bicyclic) bond motifs is 5. The molecule has 4 heteroatoms. The third kappa shape index (κ3) is 2.72. The first-order valence-corrected chi connectivity index (χ1v) is 8.24. The van der Waals surface area contributed by atoms with Gasteiger partial charge in [0.05, 0.1) is 0 Å². The lowest BCUT2D eigenvalue weighted by atomic mass is 9.73. The minimum atomic E-state index is -0.0516. The van der Waals surface area contributed by atoms with Crippen molar-refractivity contribution >= 4 is 11.8 Å². The van der Waals surface area contributed by atoms with Gasteiger partial charge in [-0.05, 0) is 67.3 Å². The second-order valence-corrected chi connectivity index (χ2v) is 7.12. The van der Waals surface area contributed by atoms with E-state index < -0.39 is 0 Å². The molecule has 0 radical (unpaired) electrons. The predicted molar refractivity (Wildman–Crippen MR) is 81.3 cm³/mol. The van der Waals surface area contributed by atoms with Gasteiger partial charge in [0.25, 0.3) is 0 Å². The maximum absolute atomic E-state index is 11.3. The summed E-state index contributed by atoms with van der Waals surface area (Å²) in [5, 5.41) is 5.99. The Hall–Kier alpha value is -1.32. The molecule has 116 valence electrons. The fourth-order valence-corrected chi connectivity index (χ4v) is 5.47. The van der Waals surface area contributed by atoms with Crippen LogP contribution in [0, 0.1) is 35.5 Å². The van der Waals surface area contributed by atoms with Crippen LogP contribution in [0.2, 0.25) is 0 Å². The normalized spacial score (nSPS) is 39.9. The van der Waals surface area contributed by atoms with E-state index in [1.165, 1.54) is 31.8 Å².